The second-order valence-electron chi connectivity index (χ2n) is 3.15. The number of hydrogen-bond donors (Lipinski definition) is 1. The van der Waals surface area contributed by atoms with Crippen molar-refractivity contribution in [3.63, 3.8) is 0 Å². The van der Waals surface area contributed by atoms with E-state index in [2.05, 4.69) is 29.6 Å². The van der Waals surface area contributed by atoms with Crippen molar-refractivity contribution in [2.75, 3.05) is 5.32 Å². The highest BCUT2D eigenvalue weighted by Crippen LogP contribution is 2.41. The first kappa shape index (κ1) is 8.59. The molecule has 1 N–H and O–H groups in total. The fourth-order valence-corrected chi connectivity index (χ4v) is 4.49. The first-order chi connectivity index (χ1) is 6.86. The van der Waals surface area contributed by atoms with Crippen molar-refractivity contribution in [1.82, 2.24) is 0 Å². The van der Waals surface area contributed by atoms with Crippen molar-refractivity contribution in [2.45, 2.75) is 6.54 Å². The molecule has 0 amide bonds. The van der Waals surface area contributed by atoms with Crippen LogP contribution in [0.2, 0.25) is 0 Å². The van der Waals surface area contributed by atoms with E-state index in [1.165, 1.54) is 21.7 Å². The summed E-state index contributed by atoms with van der Waals surface area (Å²) in [4.78, 5) is 1.37. The Hall–Kier alpha value is -0.710. The molecule has 70 valence electrons. The van der Waals surface area contributed by atoms with Gasteiger partial charge in [-0.2, -0.15) is 0 Å². The van der Waals surface area contributed by atoms with Crippen molar-refractivity contribution in [1.29, 1.82) is 0 Å². The fraction of sp³-hybridized carbons (Fsp3) is 0.100. The zero-order chi connectivity index (χ0) is 9.54. The van der Waals surface area contributed by atoms with E-state index < -0.39 is 0 Å². The Morgan fingerprint density at radius 2 is 2.07 bits per heavy atom. The molecule has 1 aromatic carbocycles. The van der Waals surface area contributed by atoms with E-state index >= 15 is 0 Å². The van der Waals surface area contributed by atoms with Crippen molar-refractivity contribution < 1.29 is 0 Å². The fourth-order valence-electron chi connectivity index (χ4n) is 1.69. The lowest BCUT2D eigenvalue weighted by molar-refractivity contribution is 1.17. The second-order valence-corrected chi connectivity index (χ2v) is 6.05. The van der Waals surface area contributed by atoms with Gasteiger partial charge < -0.3 is 5.32 Å². The van der Waals surface area contributed by atoms with Crippen molar-refractivity contribution >= 4 is 38.6 Å². The van der Waals surface area contributed by atoms with Crippen molar-refractivity contribution in [3.8, 4) is 11.1 Å². The molecule has 0 radical (unpaired) electrons. The molecule has 0 atom stereocenters. The van der Waals surface area contributed by atoms with E-state index in [0.29, 0.717) is 0 Å². The van der Waals surface area contributed by atoms with Crippen LogP contribution in [0, 0.1) is 3.82 Å². The van der Waals surface area contributed by atoms with Crippen LogP contribution < -0.4 is 5.32 Å². The van der Waals surface area contributed by atoms with E-state index in [4.69, 9.17) is 12.2 Å². The summed E-state index contributed by atoms with van der Waals surface area (Å²) in [5.41, 5.74) is 3.75. The van der Waals surface area contributed by atoms with Gasteiger partial charge in [0.05, 0.1) is 6.54 Å². The quantitative estimate of drug-likeness (QED) is 0.546. The number of anilines is 1. The molecule has 2 aromatic rings. The summed E-state index contributed by atoms with van der Waals surface area (Å²) >= 11 is 5.35. The topological polar surface area (TPSA) is 12.0 Å². The van der Waals surface area contributed by atoms with Gasteiger partial charge >= 0.3 is 0 Å². The minimum absolute atomic E-state index is 0.921. The van der Waals surface area contributed by atoms with E-state index in [1.54, 1.807) is 20.7 Å². The molecule has 0 aliphatic carbocycles. The normalized spacial score (nSPS) is 12.9. The molecule has 14 heavy (non-hydrogen) atoms. The molecule has 0 unspecified atom stereocenters. The summed E-state index contributed by atoms with van der Waals surface area (Å²) < 4.78 is 1.03. The standard InChI is InChI=1S/C10H7NS3/c12-10-9-6-3-1-2-4-7(6)11-5-8(9)13-14-10/h1-4,11H,5H2. The molecule has 4 heteroatoms. The highest BCUT2D eigenvalue weighted by atomic mass is 32.9. The van der Waals surface area contributed by atoms with E-state index in [1.807, 2.05) is 0 Å². The molecule has 1 nitrogen and oxygen atoms in total. The highest BCUT2D eigenvalue weighted by molar-refractivity contribution is 7.79. The van der Waals surface area contributed by atoms with Crippen LogP contribution in [0.4, 0.5) is 5.69 Å². The number of nitrogens with one attached hydrogen (secondary N) is 1. The van der Waals surface area contributed by atoms with E-state index in [-0.39, 0.29) is 0 Å². The summed E-state index contributed by atoms with van der Waals surface area (Å²) in [6, 6.07) is 8.35. The third-order valence-corrected chi connectivity index (χ3v) is 5.45. The lowest BCUT2D eigenvalue weighted by Crippen LogP contribution is -2.05. The molecule has 0 saturated carbocycles. The maximum Gasteiger partial charge on any atom is 0.110 e. The average molecular weight is 237 g/mol. The van der Waals surface area contributed by atoms with Crippen LogP contribution in [0.3, 0.4) is 0 Å². The molecule has 0 fully saturated rings. The summed E-state index contributed by atoms with van der Waals surface area (Å²) in [6.07, 6.45) is 0. The first-order valence-electron chi connectivity index (χ1n) is 4.31. The summed E-state index contributed by atoms with van der Waals surface area (Å²) in [5.74, 6) is 0. The Bertz CT molecular complexity index is 538. The molecule has 1 aromatic heterocycles. The molecule has 3 rings (SSSR count). The predicted molar refractivity (Wildman–Crippen MR) is 65.8 cm³/mol. The third-order valence-electron chi connectivity index (χ3n) is 2.34. The Morgan fingerprint density at radius 3 is 3.00 bits per heavy atom. The Balaban J connectivity index is 2.38. The van der Waals surface area contributed by atoms with E-state index in [0.717, 1.165) is 10.4 Å². The molecular formula is C10H7NS3. The molecule has 2 heterocycles. The van der Waals surface area contributed by atoms with Gasteiger partial charge in [-0.1, -0.05) is 51.1 Å². The number of rotatable bonds is 0. The van der Waals surface area contributed by atoms with Gasteiger partial charge in [0.2, 0.25) is 0 Å². The summed E-state index contributed by atoms with van der Waals surface area (Å²) in [6.45, 7) is 0.921. The minimum atomic E-state index is 0.921. The number of fused-ring (bicyclic) bond motifs is 3. The second kappa shape index (κ2) is 3.15. The zero-order valence-corrected chi connectivity index (χ0v) is 9.69. The van der Waals surface area contributed by atoms with Crippen LogP contribution in [-0.2, 0) is 6.54 Å². The van der Waals surface area contributed by atoms with Crippen LogP contribution >= 0.6 is 32.9 Å². The summed E-state index contributed by atoms with van der Waals surface area (Å²) in [5, 5.41) is 3.40. The number of para-hydroxylation sites is 1. The number of hydrogen-bond acceptors (Lipinski definition) is 4. The van der Waals surface area contributed by atoms with Crippen LogP contribution in [-0.4, -0.2) is 0 Å². The molecular weight excluding hydrogens is 230 g/mol. The minimum Gasteiger partial charge on any atom is -0.380 e. The SMILES string of the molecule is S=c1ssc2c1-c1ccccc1NC2. The van der Waals surface area contributed by atoms with Gasteiger partial charge in [0.25, 0.3) is 0 Å². The van der Waals surface area contributed by atoms with Crippen LogP contribution in [0.15, 0.2) is 24.3 Å². The first-order valence-corrected chi connectivity index (χ1v) is 6.87. The predicted octanol–water partition coefficient (Wildman–Crippen LogP) is 4.13. The maximum absolute atomic E-state index is 5.35. The van der Waals surface area contributed by atoms with Crippen LogP contribution in [0.5, 0.6) is 0 Å². The smallest absolute Gasteiger partial charge is 0.110 e. The largest absolute Gasteiger partial charge is 0.380 e. The average Bonchev–Trinajstić information content (AvgIpc) is 2.61. The highest BCUT2D eigenvalue weighted by Gasteiger charge is 2.18. The Labute approximate surface area is 94.4 Å². The van der Waals surface area contributed by atoms with Crippen molar-refractivity contribution in [3.05, 3.63) is 33.0 Å². The van der Waals surface area contributed by atoms with Gasteiger partial charge in [0.15, 0.2) is 0 Å². The van der Waals surface area contributed by atoms with Gasteiger partial charge in [-0.3, -0.25) is 0 Å². The molecule has 1 aliphatic rings. The Morgan fingerprint density at radius 1 is 1.21 bits per heavy atom. The molecule has 0 bridgehead atoms. The van der Waals surface area contributed by atoms with E-state index in [9.17, 15) is 0 Å². The van der Waals surface area contributed by atoms with Gasteiger partial charge in [-0.25, -0.2) is 0 Å². The van der Waals surface area contributed by atoms with Gasteiger partial charge in [0.1, 0.15) is 3.82 Å². The van der Waals surface area contributed by atoms with Crippen LogP contribution in [0.25, 0.3) is 11.1 Å². The third kappa shape index (κ3) is 1.15. The number of benzene rings is 1. The monoisotopic (exact) mass is 237 g/mol. The Kier molecular flexibility index (Phi) is 1.93. The molecule has 0 saturated heterocycles. The maximum atomic E-state index is 5.35. The molecule has 1 aliphatic heterocycles. The summed E-state index contributed by atoms with van der Waals surface area (Å²) in [7, 11) is 3.49. The van der Waals surface area contributed by atoms with Gasteiger partial charge in [0, 0.05) is 21.7 Å². The van der Waals surface area contributed by atoms with Gasteiger partial charge in [-0.05, 0) is 6.07 Å². The lowest BCUT2D eigenvalue weighted by Gasteiger charge is -2.17. The van der Waals surface area contributed by atoms with Gasteiger partial charge in [-0.15, -0.1) is 0 Å². The van der Waals surface area contributed by atoms with Crippen molar-refractivity contribution in [2.24, 2.45) is 0 Å². The van der Waals surface area contributed by atoms with Crippen LogP contribution in [0.1, 0.15) is 4.88 Å². The zero-order valence-electron chi connectivity index (χ0n) is 7.24. The molecule has 0 spiro atoms. The lowest BCUT2D eigenvalue weighted by atomic mass is 10.0.